The summed E-state index contributed by atoms with van der Waals surface area (Å²) in [5.74, 6) is 0. The van der Waals surface area contributed by atoms with Crippen molar-refractivity contribution >= 4 is 81.9 Å². The third-order valence-electron chi connectivity index (χ3n) is 0. The molecule has 0 saturated carbocycles. The van der Waals surface area contributed by atoms with E-state index in [1.807, 2.05) is 0 Å². The first kappa shape index (κ1) is 36.0. The van der Waals surface area contributed by atoms with Crippen molar-refractivity contribution in [2.45, 2.75) is 0 Å². The SMILES string of the molecule is [O-2].[O]=[Ti]([O-])[O-].[O]=[Zr]([O-])[O-].[Pb+2].[Pb+2].[Pb+2]. The van der Waals surface area contributed by atoms with Gasteiger partial charge in [0.25, 0.3) is 0 Å². The van der Waals surface area contributed by atoms with Crippen LogP contribution in [0.5, 0.6) is 0 Å². The van der Waals surface area contributed by atoms with E-state index in [0.29, 0.717) is 0 Å². The van der Waals surface area contributed by atoms with E-state index in [1.165, 1.54) is 0 Å². The van der Waals surface area contributed by atoms with Crippen LogP contribution in [0.4, 0.5) is 0 Å². The van der Waals surface area contributed by atoms with Crippen LogP contribution in [-0.2, 0) is 52.9 Å². The van der Waals surface area contributed by atoms with Gasteiger partial charge in [-0.2, -0.15) is 0 Å². The number of hydrogen-bond acceptors (Lipinski definition) is 6. The molecule has 0 aromatic carbocycles. The summed E-state index contributed by atoms with van der Waals surface area (Å²) in [5, 5.41) is 0. The minimum Gasteiger partial charge on any atom is 2.00 e. The van der Waals surface area contributed by atoms with E-state index in [4.69, 9.17) is 19.9 Å². The van der Waals surface area contributed by atoms with Gasteiger partial charge in [-0.05, 0) is 0 Å². The molecule has 0 aliphatic heterocycles. The fourth-order valence-electron chi connectivity index (χ4n) is 0. The average Bonchev–Trinajstić information content (AvgIpc) is 1.25. The second-order valence-electron chi connectivity index (χ2n) is 0.500. The third-order valence-corrected chi connectivity index (χ3v) is 0. The van der Waals surface area contributed by atoms with E-state index in [9.17, 15) is 0 Å². The Hall–Kier alpha value is 3.76. The van der Waals surface area contributed by atoms with E-state index in [-0.39, 0.29) is 87.4 Å². The second kappa shape index (κ2) is 29.3. The molecule has 0 heterocycles. The standard InChI is InChI=1S/7O.3Pb.Ti.Zr/q;;-2;4*-1;3*+2;;. The first-order valence-corrected chi connectivity index (χ1v) is 6.15. The van der Waals surface area contributed by atoms with E-state index < -0.39 is 41.3 Å². The zero-order valence-corrected chi connectivity index (χ0v) is 21.0. The largest absolute Gasteiger partial charge is 2.00 e. The van der Waals surface area contributed by atoms with Crippen molar-refractivity contribution in [3.8, 4) is 0 Å². The van der Waals surface area contributed by atoms with Crippen LogP contribution in [0.25, 0.3) is 0 Å². The normalized spacial score (nSPS) is 4.33. The van der Waals surface area contributed by atoms with Gasteiger partial charge >= 0.3 is 143 Å². The summed E-state index contributed by atoms with van der Waals surface area (Å²) in [4.78, 5) is 0. The van der Waals surface area contributed by atoms with Gasteiger partial charge in [-0.15, -0.1) is 0 Å². The van der Waals surface area contributed by atoms with Crippen LogP contribution in [0.1, 0.15) is 0 Å². The minimum absolute atomic E-state index is 0. The molecule has 0 aliphatic carbocycles. The molecule has 0 fully saturated rings. The van der Waals surface area contributed by atoms with Crippen LogP contribution in [0.3, 0.4) is 0 Å². The number of hydrogen-bond donors (Lipinski definition) is 0. The Morgan fingerprint density at radius 2 is 1.00 bits per heavy atom. The van der Waals surface area contributed by atoms with Crippen LogP contribution in [0.2, 0.25) is 0 Å². The van der Waals surface area contributed by atoms with Crippen molar-refractivity contribution in [3.63, 3.8) is 0 Å². The van der Waals surface area contributed by atoms with Crippen molar-refractivity contribution in [3.05, 3.63) is 0 Å². The molecule has 0 aliphatic rings. The second-order valence-corrected chi connectivity index (χ2v) is 2.51. The quantitative estimate of drug-likeness (QED) is 0.221. The fourth-order valence-corrected chi connectivity index (χ4v) is 0. The molecule has 0 spiro atoms. The first-order valence-electron chi connectivity index (χ1n) is 1.22. The summed E-state index contributed by atoms with van der Waals surface area (Å²) >= 11 is -8.38. The van der Waals surface area contributed by atoms with Gasteiger partial charge in [0.1, 0.15) is 0 Å². The molecule has 62 valence electrons. The summed E-state index contributed by atoms with van der Waals surface area (Å²) in [5.41, 5.74) is 0. The fraction of sp³-hybridized carbons (Fsp3) is 0. The van der Waals surface area contributed by atoms with Crippen LogP contribution >= 0.6 is 0 Å². The van der Waals surface area contributed by atoms with Crippen molar-refractivity contribution in [1.82, 2.24) is 0 Å². The maximum Gasteiger partial charge on any atom is 2.00 e. The van der Waals surface area contributed by atoms with Gasteiger partial charge in [0.2, 0.25) is 0 Å². The van der Waals surface area contributed by atoms with E-state index >= 15 is 0 Å². The molecule has 0 aromatic heterocycles. The molecule has 0 bridgehead atoms. The smallest absolute Gasteiger partial charge is 2.00 e. The molecule has 12 heteroatoms. The predicted octanol–water partition coefficient (Wildman–Crippen LogP) is -6.26. The first-order chi connectivity index (χ1) is 3.46. The van der Waals surface area contributed by atoms with Gasteiger partial charge in [0.15, 0.2) is 0 Å². The maximum absolute atomic E-state index is 8.61. The Morgan fingerprint density at radius 1 is 1.00 bits per heavy atom. The molecule has 12 heavy (non-hydrogen) atoms. The van der Waals surface area contributed by atoms with Gasteiger partial charge in [-0.1, -0.05) is 0 Å². The maximum atomic E-state index is 8.61. The summed E-state index contributed by atoms with van der Waals surface area (Å²) in [6, 6.07) is 0. The van der Waals surface area contributed by atoms with Crippen LogP contribution < -0.4 is 13.7 Å². The molecule has 0 amide bonds. The van der Waals surface area contributed by atoms with Crippen molar-refractivity contribution in [2.75, 3.05) is 0 Å². The van der Waals surface area contributed by atoms with Crippen molar-refractivity contribution in [2.24, 2.45) is 0 Å². The van der Waals surface area contributed by atoms with E-state index in [0.717, 1.165) is 0 Å². The molecule has 6 radical (unpaired) electrons. The molecule has 0 rings (SSSR count). The van der Waals surface area contributed by atoms with Crippen molar-refractivity contribution < 1.29 is 66.6 Å². The van der Waals surface area contributed by atoms with Crippen molar-refractivity contribution in [1.29, 1.82) is 0 Å². The molecule has 0 unspecified atom stereocenters. The van der Waals surface area contributed by atoms with Gasteiger partial charge in [0.05, 0.1) is 0 Å². The summed E-state index contributed by atoms with van der Waals surface area (Å²) in [6.45, 7) is 0. The topological polar surface area (TPSA) is 155 Å². The van der Waals surface area contributed by atoms with Gasteiger partial charge in [-0.3, -0.25) is 0 Å². The minimum atomic E-state index is -4.29. The summed E-state index contributed by atoms with van der Waals surface area (Å²) in [7, 11) is 0. The van der Waals surface area contributed by atoms with Crippen LogP contribution in [0.15, 0.2) is 0 Å². The van der Waals surface area contributed by atoms with E-state index in [2.05, 4.69) is 0 Å². The summed E-state index contributed by atoms with van der Waals surface area (Å²) in [6.07, 6.45) is 0. The van der Waals surface area contributed by atoms with Crippen LogP contribution in [-0.4, -0.2) is 81.9 Å². The van der Waals surface area contributed by atoms with Crippen LogP contribution in [0, 0.1) is 0 Å². The zero-order chi connectivity index (χ0) is 7.15. The molecule has 0 atom stereocenters. The predicted molar refractivity (Wildman–Crippen MR) is 19.3 cm³/mol. The molecule has 0 aromatic rings. The molecule has 0 saturated heterocycles. The Labute approximate surface area is 145 Å². The molecular weight excluding hydrogens is 873 g/mol. The van der Waals surface area contributed by atoms with Gasteiger partial charge in [-0.25, -0.2) is 0 Å². The average molecular weight is 873 g/mol. The van der Waals surface area contributed by atoms with Gasteiger partial charge < -0.3 is 5.48 Å². The Balaban J connectivity index is -0.0000000112. The summed E-state index contributed by atoms with van der Waals surface area (Å²) < 4.78 is 51.6. The monoisotopic (exact) mass is 874 g/mol. The molecule has 7 nitrogen and oxygen atoms in total. The Morgan fingerprint density at radius 3 is 1.00 bits per heavy atom. The van der Waals surface area contributed by atoms with Gasteiger partial charge in [0, 0.05) is 0 Å². The molecular formula is O7Pb3TiZr. The Bertz CT molecular complexity index is 76.7. The molecule has 0 N–H and O–H groups in total. The number of rotatable bonds is 0. The Kier molecular flexibility index (Phi) is 88.1. The van der Waals surface area contributed by atoms with E-state index in [1.54, 1.807) is 0 Å². The third kappa shape index (κ3) is 158. The zero-order valence-electron chi connectivity index (χ0n) is 5.36.